The Morgan fingerprint density at radius 1 is 1.10 bits per heavy atom. The van der Waals surface area contributed by atoms with Crippen LogP contribution in [0.1, 0.15) is 18.4 Å². The standard InChI is InChI=1S/C17H23N3O/c21-17-16(6-5-12-3-1-2-4-15(12)19-17)20-8-7-13-9-18-10-14(13)11-20/h1-4,13-14,16,18H,5-11H2,(H,19,21). The molecule has 21 heavy (non-hydrogen) atoms. The smallest absolute Gasteiger partial charge is 0.241 e. The van der Waals surface area contributed by atoms with Crippen LogP contribution in [0.15, 0.2) is 24.3 Å². The van der Waals surface area contributed by atoms with Crippen molar-refractivity contribution in [2.24, 2.45) is 11.8 Å². The van der Waals surface area contributed by atoms with Crippen LogP contribution in [-0.4, -0.2) is 43.0 Å². The summed E-state index contributed by atoms with van der Waals surface area (Å²) in [5, 5.41) is 6.63. The molecule has 0 bridgehead atoms. The van der Waals surface area contributed by atoms with Crippen LogP contribution in [0.3, 0.4) is 0 Å². The van der Waals surface area contributed by atoms with Gasteiger partial charge >= 0.3 is 0 Å². The van der Waals surface area contributed by atoms with Crippen molar-refractivity contribution in [2.75, 3.05) is 31.5 Å². The van der Waals surface area contributed by atoms with Crippen molar-refractivity contribution in [2.45, 2.75) is 25.3 Å². The Bertz CT molecular complexity index is 545. The molecule has 2 saturated heterocycles. The number of nitrogens with zero attached hydrogens (tertiary/aromatic N) is 1. The number of carbonyl (C=O) groups excluding carboxylic acids is 1. The van der Waals surface area contributed by atoms with Crippen molar-refractivity contribution in [1.82, 2.24) is 10.2 Å². The van der Waals surface area contributed by atoms with Gasteiger partial charge in [0.15, 0.2) is 0 Å². The van der Waals surface area contributed by atoms with Gasteiger partial charge in [-0.3, -0.25) is 9.69 Å². The third-order valence-corrected chi connectivity index (χ3v) is 5.44. The van der Waals surface area contributed by atoms with Crippen molar-refractivity contribution < 1.29 is 4.79 Å². The number of para-hydroxylation sites is 1. The Balaban J connectivity index is 1.50. The molecule has 3 aliphatic rings. The first-order valence-corrected chi connectivity index (χ1v) is 8.15. The predicted molar refractivity (Wildman–Crippen MR) is 83.2 cm³/mol. The third-order valence-electron chi connectivity index (χ3n) is 5.44. The first-order chi connectivity index (χ1) is 10.3. The predicted octanol–water partition coefficient (Wildman–Crippen LogP) is 1.48. The van der Waals surface area contributed by atoms with Crippen molar-refractivity contribution in [3.63, 3.8) is 0 Å². The SMILES string of the molecule is O=C1Nc2ccccc2CCC1N1CCC2CNCC2C1. The second-order valence-electron chi connectivity index (χ2n) is 6.66. The zero-order valence-corrected chi connectivity index (χ0v) is 12.3. The highest BCUT2D eigenvalue weighted by molar-refractivity contribution is 5.96. The van der Waals surface area contributed by atoms with Gasteiger partial charge in [-0.05, 0) is 62.4 Å². The number of aryl methyl sites for hydroxylation is 1. The van der Waals surface area contributed by atoms with Gasteiger partial charge in [0.05, 0.1) is 6.04 Å². The van der Waals surface area contributed by atoms with E-state index in [9.17, 15) is 4.79 Å². The van der Waals surface area contributed by atoms with E-state index in [1.807, 2.05) is 12.1 Å². The Morgan fingerprint density at radius 3 is 2.90 bits per heavy atom. The molecule has 3 heterocycles. The molecule has 112 valence electrons. The van der Waals surface area contributed by atoms with Gasteiger partial charge in [0.1, 0.15) is 0 Å². The molecule has 3 aliphatic heterocycles. The number of anilines is 1. The number of carbonyl (C=O) groups is 1. The van der Waals surface area contributed by atoms with Crippen LogP contribution < -0.4 is 10.6 Å². The van der Waals surface area contributed by atoms with E-state index in [0.29, 0.717) is 0 Å². The second-order valence-corrected chi connectivity index (χ2v) is 6.66. The molecule has 0 spiro atoms. The lowest BCUT2D eigenvalue weighted by atomic mass is 9.87. The van der Waals surface area contributed by atoms with Crippen LogP contribution in [-0.2, 0) is 11.2 Å². The maximum Gasteiger partial charge on any atom is 0.241 e. The van der Waals surface area contributed by atoms with Gasteiger partial charge in [-0.2, -0.15) is 0 Å². The van der Waals surface area contributed by atoms with E-state index in [4.69, 9.17) is 0 Å². The van der Waals surface area contributed by atoms with E-state index in [1.54, 1.807) is 0 Å². The van der Waals surface area contributed by atoms with E-state index in [2.05, 4.69) is 27.7 Å². The van der Waals surface area contributed by atoms with Crippen LogP contribution in [0.4, 0.5) is 5.69 Å². The molecule has 1 aromatic rings. The molecule has 2 N–H and O–H groups in total. The number of rotatable bonds is 1. The van der Waals surface area contributed by atoms with Gasteiger partial charge in [-0.15, -0.1) is 0 Å². The molecular formula is C17H23N3O. The highest BCUT2D eigenvalue weighted by Crippen LogP contribution is 2.30. The summed E-state index contributed by atoms with van der Waals surface area (Å²) in [7, 11) is 0. The van der Waals surface area contributed by atoms with Crippen LogP contribution in [0.2, 0.25) is 0 Å². The highest BCUT2D eigenvalue weighted by atomic mass is 16.2. The van der Waals surface area contributed by atoms with Crippen molar-refractivity contribution in [3.05, 3.63) is 29.8 Å². The molecule has 4 nitrogen and oxygen atoms in total. The summed E-state index contributed by atoms with van der Waals surface area (Å²) in [6.45, 7) is 4.43. The first kappa shape index (κ1) is 13.3. The summed E-state index contributed by atoms with van der Waals surface area (Å²) in [5.41, 5.74) is 2.27. The third kappa shape index (κ3) is 2.47. The largest absolute Gasteiger partial charge is 0.324 e. The lowest BCUT2D eigenvalue weighted by Gasteiger charge is -2.38. The average molecular weight is 285 g/mol. The highest BCUT2D eigenvalue weighted by Gasteiger charge is 2.37. The Labute approximate surface area is 125 Å². The molecule has 0 aromatic heterocycles. The van der Waals surface area contributed by atoms with Crippen molar-refractivity contribution in [3.8, 4) is 0 Å². The Kier molecular flexibility index (Phi) is 3.43. The zero-order valence-electron chi connectivity index (χ0n) is 12.3. The van der Waals surface area contributed by atoms with Gasteiger partial charge in [0.25, 0.3) is 0 Å². The molecule has 0 radical (unpaired) electrons. The average Bonchev–Trinajstić information content (AvgIpc) is 2.89. The number of hydrogen-bond acceptors (Lipinski definition) is 3. The molecule has 4 heteroatoms. The van der Waals surface area contributed by atoms with Crippen LogP contribution in [0.25, 0.3) is 0 Å². The van der Waals surface area contributed by atoms with Crippen LogP contribution in [0.5, 0.6) is 0 Å². The monoisotopic (exact) mass is 285 g/mol. The van der Waals surface area contributed by atoms with E-state index < -0.39 is 0 Å². The molecule has 3 unspecified atom stereocenters. The van der Waals surface area contributed by atoms with Gasteiger partial charge in [-0.1, -0.05) is 18.2 Å². The van der Waals surface area contributed by atoms with Gasteiger partial charge < -0.3 is 10.6 Å². The van der Waals surface area contributed by atoms with E-state index in [0.717, 1.165) is 50.0 Å². The maximum absolute atomic E-state index is 12.6. The topological polar surface area (TPSA) is 44.4 Å². The molecule has 1 aromatic carbocycles. The molecule has 2 fully saturated rings. The first-order valence-electron chi connectivity index (χ1n) is 8.15. The Morgan fingerprint density at radius 2 is 1.95 bits per heavy atom. The number of hydrogen-bond donors (Lipinski definition) is 2. The fourth-order valence-corrected chi connectivity index (χ4v) is 4.19. The number of amides is 1. The summed E-state index contributed by atoms with van der Waals surface area (Å²) in [6.07, 6.45) is 3.16. The summed E-state index contributed by atoms with van der Waals surface area (Å²) >= 11 is 0. The lowest BCUT2D eigenvalue weighted by Crippen LogP contribution is -2.50. The van der Waals surface area contributed by atoms with E-state index in [1.165, 1.54) is 18.5 Å². The number of benzene rings is 1. The normalized spacial score (nSPS) is 33.0. The molecule has 0 saturated carbocycles. The minimum atomic E-state index is 0.0407. The fraction of sp³-hybridized carbons (Fsp3) is 0.588. The maximum atomic E-state index is 12.6. The van der Waals surface area contributed by atoms with Crippen molar-refractivity contribution in [1.29, 1.82) is 0 Å². The molecule has 1 amide bonds. The van der Waals surface area contributed by atoms with E-state index in [-0.39, 0.29) is 11.9 Å². The van der Waals surface area contributed by atoms with Gasteiger partial charge in [0.2, 0.25) is 5.91 Å². The van der Waals surface area contributed by atoms with E-state index >= 15 is 0 Å². The van der Waals surface area contributed by atoms with Crippen LogP contribution in [0, 0.1) is 11.8 Å². The molecule has 4 rings (SSSR count). The zero-order chi connectivity index (χ0) is 14.2. The van der Waals surface area contributed by atoms with Gasteiger partial charge in [0, 0.05) is 12.2 Å². The minimum Gasteiger partial charge on any atom is -0.324 e. The van der Waals surface area contributed by atoms with Crippen molar-refractivity contribution >= 4 is 11.6 Å². The summed E-state index contributed by atoms with van der Waals surface area (Å²) < 4.78 is 0. The summed E-state index contributed by atoms with van der Waals surface area (Å²) in [4.78, 5) is 15.0. The second kappa shape index (κ2) is 5.43. The number of piperidine rings is 1. The number of fused-ring (bicyclic) bond motifs is 2. The fourth-order valence-electron chi connectivity index (χ4n) is 4.19. The molecule has 0 aliphatic carbocycles. The lowest BCUT2D eigenvalue weighted by molar-refractivity contribution is -0.122. The number of likely N-dealkylation sites (tertiary alicyclic amines) is 1. The summed E-state index contributed by atoms with van der Waals surface area (Å²) in [5.74, 6) is 1.74. The van der Waals surface area contributed by atoms with Crippen LogP contribution >= 0.6 is 0 Å². The number of nitrogens with one attached hydrogen (secondary N) is 2. The van der Waals surface area contributed by atoms with Gasteiger partial charge in [-0.25, -0.2) is 0 Å². The minimum absolute atomic E-state index is 0.0407. The Hall–Kier alpha value is -1.39. The quantitative estimate of drug-likeness (QED) is 0.821. The molecular weight excluding hydrogens is 262 g/mol. The summed E-state index contributed by atoms with van der Waals surface area (Å²) in [6, 6.07) is 8.24. The molecule has 3 atom stereocenters.